The molecular formula is C25H16Cl3IN2O5. The van der Waals surface area contributed by atoms with Gasteiger partial charge in [0.15, 0.2) is 11.5 Å². The molecule has 0 atom stereocenters. The van der Waals surface area contributed by atoms with Crippen molar-refractivity contribution in [3.8, 4) is 11.5 Å². The molecule has 3 aromatic carbocycles. The number of rotatable bonds is 6. The zero-order valence-corrected chi connectivity index (χ0v) is 22.9. The van der Waals surface area contributed by atoms with Crippen molar-refractivity contribution in [2.24, 2.45) is 0 Å². The standard InChI is InChI=1S/C25H16Cl3IN2O5/c1-35-21-10-13(9-19(29)22(21)36-12-14-6-7-15(26)11-18(14)28)8-16-23(32)30-25(34)31(24(16)33)20-5-3-2-4-17(20)27/h2-11H,12H2,1H3,(H,30,32,34)/b16-8+. The summed E-state index contributed by atoms with van der Waals surface area (Å²) in [5, 5.41) is 3.35. The first-order valence-corrected chi connectivity index (χ1v) is 12.5. The Bertz CT molecular complexity index is 1430. The fourth-order valence-corrected chi connectivity index (χ4v) is 4.89. The number of carbonyl (C=O) groups is 3. The molecule has 1 saturated heterocycles. The van der Waals surface area contributed by atoms with Crippen LogP contribution in [0.5, 0.6) is 11.5 Å². The van der Waals surface area contributed by atoms with Crippen molar-refractivity contribution >= 4 is 87.0 Å². The zero-order valence-electron chi connectivity index (χ0n) is 18.5. The Balaban J connectivity index is 1.65. The summed E-state index contributed by atoms with van der Waals surface area (Å²) >= 11 is 20.4. The fourth-order valence-electron chi connectivity index (χ4n) is 3.43. The molecule has 184 valence electrons. The normalized spacial score (nSPS) is 14.8. The lowest BCUT2D eigenvalue weighted by Crippen LogP contribution is -2.54. The van der Waals surface area contributed by atoms with Gasteiger partial charge >= 0.3 is 6.03 Å². The van der Waals surface area contributed by atoms with Gasteiger partial charge in [0.25, 0.3) is 11.8 Å². The summed E-state index contributed by atoms with van der Waals surface area (Å²) in [4.78, 5) is 39.0. The average Bonchev–Trinajstić information content (AvgIpc) is 2.83. The molecule has 0 bridgehead atoms. The monoisotopic (exact) mass is 656 g/mol. The minimum atomic E-state index is -0.882. The maximum Gasteiger partial charge on any atom is 0.335 e. The molecule has 1 fully saturated rings. The third-order valence-electron chi connectivity index (χ3n) is 5.14. The van der Waals surface area contributed by atoms with E-state index in [0.29, 0.717) is 30.7 Å². The number of nitrogens with zero attached hydrogens (tertiary/aromatic N) is 1. The van der Waals surface area contributed by atoms with Crippen LogP contribution in [0.2, 0.25) is 15.1 Å². The first kappa shape index (κ1) is 26.3. The molecule has 0 aromatic heterocycles. The third-order valence-corrected chi connectivity index (χ3v) is 6.85. The van der Waals surface area contributed by atoms with Crippen molar-refractivity contribution in [3.63, 3.8) is 0 Å². The van der Waals surface area contributed by atoms with Gasteiger partial charge in [0, 0.05) is 15.6 Å². The molecule has 7 nitrogen and oxygen atoms in total. The van der Waals surface area contributed by atoms with Crippen molar-refractivity contribution in [1.29, 1.82) is 0 Å². The number of carbonyl (C=O) groups excluding carboxylic acids is 3. The Hall–Kier alpha value is -2.79. The van der Waals surface area contributed by atoms with E-state index >= 15 is 0 Å². The predicted octanol–water partition coefficient (Wildman–Crippen LogP) is 6.51. The highest BCUT2D eigenvalue weighted by atomic mass is 127. The fraction of sp³-hybridized carbons (Fsp3) is 0.0800. The number of benzene rings is 3. The first-order valence-electron chi connectivity index (χ1n) is 10.3. The Labute approximate surface area is 235 Å². The molecule has 1 aliphatic heterocycles. The topological polar surface area (TPSA) is 84.9 Å². The van der Waals surface area contributed by atoms with Crippen molar-refractivity contribution in [2.75, 3.05) is 12.0 Å². The summed E-state index contributed by atoms with van der Waals surface area (Å²) in [5.41, 5.74) is 1.14. The van der Waals surface area contributed by atoms with Gasteiger partial charge in [-0.1, -0.05) is 53.0 Å². The molecule has 1 N–H and O–H groups in total. The van der Waals surface area contributed by atoms with Gasteiger partial charge in [-0.05, 0) is 70.6 Å². The molecule has 3 aromatic rings. The molecule has 0 radical (unpaired) electrons. The summed E-state index contributed by atoms with van der Waals surface area (Å²) in [5.74, 6) is -0.788. The molecule has 0 spiro atoms. The molecule has 1 aliphatic rings. The second kappa shape index (κ2) is 11.1. The lowest BCUT2D eigenvalue weighted by atomic mass is 10.1. The van der Waals surface area contributed by atoms with Crippen LogP contribution in [0.4, 0.5) is 10.5 Å². The van der Waals surface area contributed by atoms with Crippen molar-refractivity contribution in [3.05, 3.63) is 89.9 Å². The summed E-state index contributed by atoms with van der Waals surface area (Å²) in [6.07, 6.45) is 1.37. The Morgan fingerprint density at radius 1 is 1.00 bits per heavy atom. The Kier molecular flexibility index (Phi) is 8.09. The van der Waals surface area contributed by atoms with E-state index in [1.807, 2.05) is 0 Å². The molecule has 4 amide bonds. The first-order chi connectivity index (χ1) is 17.2. The highest BCUT2D eigenvalue weighted by molar-refractivity contribution is 14.1. The van der Waals surface area contributed by atoms with Gasteiger partial charge in [-0.15, -0.1) is 0 Å². The highest BCUT2D eigenvalue weighted by Gasteiger charge is 2.37. The lowest BCUT2D eigenvalue weighted by molar-refractivity contribution is -0.122. The number of urea groups is 1. The SMILES string of the molecule is COc1cc(/C=C2\C(=O)NC(=O)N(c3ccccc3Cl)C2=O)cc(I)c1OCc1ccc(Cl)cc1Cl. The van der Waals surface area contributed by atoms with E-state index in [-0.39, 0.29) is 22.9 Å². The number of barbiturate groups is 1. The van der Waals surface area contributed by atoms with Crippen LogP contribution in [0, 0.1) is 3.57 Å². The minimum absolute atomic E-state index is 0.164. The summed E-state index contributed by atoms with van der Waals surface area (Å²) < 4.78 is 12.1. The number of imide groups is 2. The van der Waals surface area contributed by atoms with Crippen molar-refractivity contribution in [2.45, 2.75) is 6.61 Å². The van der Waals surface area contributed by atoms with E-state index in [2.05, 4.69) is 27.9 Å². The number of methoxy groups -OCH3 is 1. The summed E-state index contributed by atoms with van der Waals surface area (Å²) in [6.45, 7) is 0.165. The van der Waals surface area contributed by atoms with Crippen LogP contribution in [0.1, 0.15) is 11.1 Å². The van der Waals surface area contributed by atoms with Crippen LogP contribution in [-0.2, 0) is 16.2 Å². The molecule has 1 heterocycles. The van der Waals surface area contributed by atoms with Gasteiger partial charge in [-0.3, -0.25) is 14.9 Å². The second-order valence-corrected chi connectivity index (χ2v) is 9.88. The van der Waals surface area contributed by atoms with Crippen LogP contribution in [0.15, 0.2) is 60.2 Å². The van der Waals surface area contributed by atoms with E-state index in [9.17, 15) is 14.4 Å². The largest absolute Gasteiger partial charge is 0.493 e. The number of halogens is 4. The van der Waals surface area contributed by atoms with E-state index in [0.717, 1.165) is 10.5 Å². The number of ether oxygens (including phenoxy) is 2. The lowest BCUT2D eigenvalue weighted by Gasteiger charge is -2.27. The van der Waals surface area contributed by atoms with Crippen LogP contribution in [-0.4, -0.2) is 25.0 Å². The number of amides is 4. The van der Waals surface area contributed by atoms with Gasteiger partial charge in [0.05, 0.1) is 21.4 Å². The molecule has 0 unspecified atom stereocenters. The summed E-state index contributed by atoms with van der Waals surface area (Å²) in [7, 11) is 1.47. The maximum atomic E-state index is 13.2. The number of para-hydroxylation sites is 1. The zero-order chi connectivity index (χ0) is 26.0. The smallest absolute Gasteiger partial charge is 0.335 e. The Morgan fingerprint density at radius 2 is 1.75 bits per heavy atom. The molecule has 36 heavy (non-hydrogen) atoms. The van der Waals surface area contributed by atoms with E-state index in [4.69, 9.17) is 44.3 Å². The van der Waals surface area contributed by atoms with Crippen LogP contribution in [0.25, 0.3) is 6.08 Å². The van der Waals surface area contributed by atoms with E-state index in [1.54, 1.807) is 48.5 Å². The number of hydrogen-bond acceptors (Lipinski definition) is 5. The molecule has 0 aliphatic carbocycles. The highest BCUT2D eigenvalue weighted by Crippen LogP contribution is 2.36. The predicted molar refractivity (Wildman–Crippen MR) is 147 cm³/mol. The number of anilines is 1. The molecular weight excluding hydrogens is 642 g/mol. The molecule has 11 heteroatoms. The maximum absolute atomic E-state index is 13.2. The quantitative estimate of drug-likeness (QED) is 0.186. The molecule has 0 saturated carbocycles. The molecule has 4 rings (SSSR count). The average molecular weight is 658 g/mol. The second-order valence-electron chi connectivity index (χ2n) is 7.47. The van der Waals surface area contributed by atoms with Gasteiger partial charge in [-0.2, -0.15) is 0 Å². The van der Waals surface area contributed by atoms with Crippen molar-refractivity contribution < 1.29 is 23.9 Å². The number of hydrogen-bond donors (Lipinski definition) is 1. The Morgan fingerprint density at radius 3 is 2.44 bits per heavy atom. The number of nitrogens with one attached hydrogen (secondary N) is 1. The van der Waals surface area contributed by atoms with Crippen LogP contribution < -0.4 is 19.7 Å². The van der Waals surface area contributed by atoms with Crippen LogP contribution in [0.3, 0.4) is 0 Å². The minimum Gasteiger partial charge on any atom is -0.493 e. The van der Waals surface area contributed by atoms with Crippen molar-refractivity contribution in [1.82, 2.24) is 5.32 Å². The van der Waals surface area contributed by atoms with E-state index in [1.165, 1.54) is 19.3 Å². The van der Waals surface area contributed by atoms with Crippen LogP contribution >= 0.6 is 57.4 Å². The van der Waals surface area contributed by atoms with Gasteiger partial charge in [0.1, 0.15) is 12.2 Å². The van der Waals surface area contributed by atoms with Gasteiger partial charge in [-0.25, -0.2) is 9.69 Å². The van der Waals surface area contributed by atoms with E-state index < -0.39 is 17.8 Å². The third kappa shape index (κ3) is 5.46. The van der Waals surface area contributed by atoms with Gasteiger partial charge < -0.3 is 9.47 Å². The summed E-state index contributed by atoms with van der Waals surface area (Å²) in [6, 6.07) is 13.9. The van der Waals surface area contributed by atoms with Gasteiger partial charge in [0.2, 0.25) is 0 Å².